The van der Waals surface area contributed by atoms with E-state index in [1.807, 2.05) is 42.5 Å². The van der Waals surface area contributed by atoms with Gasteiger partial charge in [-0.1, -0.05) is 28.1 Å². The van der Waals surface area contributed by atoms with E-state index in [0.29, 0.717) is 22.8 Å². The number of para-hydroxylation sites is 2. The fraction of sp³-hybridized carbons (Fsp3) is 0.118. The van der Waals surface area contributed by atoms with Crippen molar-refractivity contribution < 1.29 is 14.3 Å². The summed E-state index contributed by atoms with van der Waals surface area (Å²) in [5.41, 5.74) is 8.58. The maximum atomic E-state index is 12.3. The van der Waals surface area contributed by atoms with E-state index in [0.717, 1.165) is 15.7 Å². The summed E-state index contributed by atoms with van der Waals surface area (Å²) in [6, 6.07) is 13.0. The van der Waals surface area contributed by atoms with Crippen LogP contribution in [0.2, 0.25) is 0 Å². The normalized spacial score (nSPS) is 20.7. The van der Waals surface area contributed by atoms with Crippen LogP contribution in [0.1, 0.15) is 5.56 Å². The summed E-state index contributed by atoms with van der Waals surface area (Å²) in [7, 11) is 0. The summed E-state index contributed by atoms with van der Waals surface area (Å²) in [6.45, 7) is 0.267. The highest BCUT2D eigenvalue weighted by molar-refractivity contribution is 9.10. The number of nitrogens with two attached hydrogens (primary N) is 1. The van der Waals surface area contributed by atoms with Crippen molar-refractivity contribution in [3.63, 3.8) is 0 Å². The average molecular weight is 373 g/mol. The Balaban J connectivity index is 1.74. The smallest absolute Gasteiger partial charge is 0.258 e. The number of anilines is 1. The van der Waals surface area contributed by atoms with Crippen molar-refractivity contribution in [2.75, 3.05) is 11.9 Å². The molecule has 5 nitrogen and oxygen atoms in total. The molecule has 1 amide bonds. The second-order valence-electron chi connectivity index (χ2n) is 5.34. The first-order valence-corrected chi connectivity index (χ1v) is 7.92. The fourth-order valence-electron chi connectivity index (χ4n) is 2.76. The lowest BCUT2D eigenvalue weighted by atomic mass is 10.0. The Morgan fingerprint density at radius 3 is 2.83 bits per heavy atom. The van der Waals surface area contributed by atoms with Crippen LogP contribution in [0, 0.1) is 0 Å². The molecule has 2 aromatic rings. The van der Waals surface area contributed by atoms with E-state index in [1.54, 1.807) is 0 Å². The second-order valence-corrected chi connectivity index (χ2v) is 6.25. The van der Waals surface area contributed by atoms with Gasteiger partial charge in [0.25, 0.3) is 5.91 Å². The molecule has 0 saturated heterocycles. The monoisotopic (exact) mass is 372 g/mol. The third-order valence-electron chi connectivity index (χ3n) is 3.87. The molecule has 2 aliphatic rings. The number of benzene rings is 2. The van der Waals surface area contributed by atoms with Gasteiger partial charge in [0.15, 0.2) is 17.6 Å². The van der Waals surface area contributed by atoms with E-state index in [9.17, 15) is 4.79 Å². The number of nitrogens with one attached hydrogen (secondary N) is 1. The first-order valence-electron chi connectivity index (χ1n) is 7.13. The van der Waals surface area contributed by atoms with Crippen molar-refractivity contribution in [3.05, 3.63) is 58.2 Å². The molecule has 0 fully saturated rings. The van der Waals surface area contributed by atoms with Crippen molar-refractivity contribution in [3.8, 4) is 11.5 Å². The minimum Gasteiger partial charge on any atom is -0.485 e. The SMILES string of the molecule is NC(=C1C(=O)Nc2ccc(Br)cc21)C1COc2ccccc2O1. The molecule has 6 heteroatoms. The molecule has 3 N–H and O–H groups in total. The molecule has 0 aliphatic carbocycles. The Kier molecular flexibility index (Phi) is 3.27. The van der Waals surface area contributed by atoms with Crippen LogP contribution in [0.15, 0.2) is 52.6 Å². The minimum atomic E-state index is -0.504. The van der Waals surface area contributed by atoms with Gasteiger partial charge in [-0.2, -0.15) is 0 Å². The van der Waals surface area contributed by atoms with Gasteiger partial charge in [-0.3, -0.25) is 4.79 Å². The van der Waals surface area contributed by atoms with Crippen LogP contribution in [-0.2, 0) is 4.79 Å². The number of amides is 1. The lowest BCUT2D eigenvalue weighted by Gasteiger charge is -2.27. The number of rotatable bonds is 1. The van der Waals surface area contributed by atoms with Crippen LogP contribution in [-0.4, -0.2) is 18.6 Å². The molecule has 0 radical (unpaired) electrons. The zero-order valence-corrected chi connectivity index (χ0v) is 13.6. The molecule has 1 atom stereocenters. The first kappa shape index (κ1) is 14.1. The Morgan fingerprint density at radius 1 is 1.22 bits per heavy atom. The maximum absolute atomic E-state index is 12.3. The first-order chi connectivity index (χ1) is 11.1. The number of fused-ring (bicyclic) bond motifs is 2. The number of hydrogen-bond donors (Lipinski definition) is 2. The van der Waals surface area contributed by atoms with Crippen molar-refractivity contribution in [1.29, 1.82) is 0 Å². The van der Waals surface area contributed by atoms with Gasteiger partial charge in [0, 0.05) is 15.7 Å². The molecule has 0 bridgehead atoms. The quantitative estimate of drug-likeness (QED) is 0.754. The predicted molar refractivity (Wildman–Crippen MR) is 90.2 cm³/mol. The number of carbonyl (C=O) groups is 1. The molecule has 0 spiro atoms. The summed E-state index contributed by atoms with van der Waals surface area (Å²) < 4.78 is 12.5. The van der Waals surface area contributed by atoms with E-state index >= 15 is 0 Å². The Labute approximate surface area is 141 Å². The highest BCUT2D eigenvalue weighted by Crippen LogP contribution is 2.38. The molecule has 2 aromatic carbocycles. The highest BCUT2D eigenvalue weighted by atomic mass is 79.9. The topological polar surface area (TPSA) is 73.6 Å². The summed E-state index contributed by atoms with van der Waals surface area (Å²) in [4.78, 5) is 12.3. The number of hydrogen-bond acceptors (Lipinski definition) is 4. The Morgan fingerprint density at radius 2 is 2.00 bits per heavy atom. The molecule has 2 heterocycles. The van der Waals surface area contributed by atoms with E-state index in [4.69, 9.17) is 15.2 Å². The average Bonchev–Trinajstić information content (AvgIpc) is 2.89. The lowest BCUT2D eigenvalue weighted by molar-refractivity contribution is -0.110. The predicted octanol–water partition coefficient (Wildman–Crippen LogP) is 2.91. The molecule has 23 heavy (non-hydrogen) atoms. The third-order valence-corrected chi connectivity index (χ3v) is 4.36. The van der Waals surface area contributed by atoms with Crippen LogP contribution < -0.4 is 20.5 Å². The van der Waals surface area contributed by atoms with Crippen LogP contribution in [0.4, 0.5) is 5.69 Å². The number of carbonyl (C=O) groups excluding carboxylic acids is 1. The molecule has 4 rings (SSSR count). The van der Waals surface area contributed by atoms with E-state index in [2.05, 4.69) is 21.2 Å². The van der Waals surface area contributed by atoms with Crippen molar-refractivity contribution in [2.45, 2.75) is 6.10 Å². The van der Waals surface area contributed by atoms with Crippen LogP contribution in [0.5, 0.6) is 11.5 Å². The third kappa shape index (κ3) is 2.35. The van der Waals surface area contributed by atoms with Gasteiger partial charge in [0.2, 0.25) is 0 Å². The molecule has 0 saturated carbocycles. The number of halogens is 1. The van der Waals surface area contributed by atoms with Crippen LogP contribution >= 0.6 is 15.9 Å². The second kappa shape index (κ2) is 5.31. The molecular weight excluding hydrogens is 360 g/mol. The summed E-state index contributed by atoms with van der Waals surface area (Å²) >= 11 is 3.42. The van der Waals surface area contributed by atoms with Gasteiger partial charge in [-0.05, 0) is 30.3 Å². The zero-order chi connectivity index (χ0) is 16.0. The molecule has 2 aliphatic heterocycles. The molecule has 1 unspecified atom stereocenters. The highest BCUT2D eigenvalue weighted by Gasteiger charge is 2.32. The van der Waals surface area contributed by atoms with E-state index in [1.165, 1.54) is 0 Å². The molecule has 0 aromatic heterocycles. The summed E-state index contributed by atoms with van der Waals surface area (Å²) in [5.74, 6) is 1.08. The van der Waals surface area contributed by atoms with Crippen molar-refractivity contribution in [2.24, 2.45) is 5.73 Å². The fourth-order valence-corrected chi connectivity index (χ4v) is 3.12. The molecule has 116 valence electrons. The van der Waals surface area contributed by atoms with Gasteiger partial charge >= 0.3 is 0 Å². The molecular formula is C17H13BrN2O3. The van der Waals surface area contributed by atoms with Crippen LogP contribution in [0.3, 0.4) is 0 Å². The van der Waals surface area contributed by atoms with E-state index < -0.39 is 6.10 Å². The standard InChI is InChI=1S/C17H13BrN2O3/c18-9-5-6-11-10(7-9)15(17(21)20-11)16(19)14-8-22-12-3-1-2-4-13(12)23-14/h1-7,14H,8,19H2,(H,20,21). The summed E-state index contributed by atoms with van der Waals surface area (Å²) in [6.07, 6.45) is -0.504. The Hall–Kier alpha value is -2.47. The van der Waals surface area contributed by atoms with Gasteiger partial charge in [0.1, 0.15) is 6.61 Å². The summed E-state index contributed by atoms with van der Waals surface area (Å²) in [5, 5.41) is 2.82. The van der Waals surface area contributed by atoms with Crippen molar-refractivity contribution in [1.82, 2.24) is 0 Å². The minimum absolute atomic E-state index is 0.224. The maximum Gasteiger partial charge on any atom is 0.258 e. The largest absolute Gasteiger partial charge is 0.485 e. The van der Waals surface area contributed by atoms with Crippen molar-refractivity contribution >= 4 is 33.1 Å². The van der Waals surface area contributed by atoms with Crippen LogP contribution in [0.25, 0.3) is 5.57 Å². The van der Waals surface area contributed by atoms with Gasteiger partial charge < -0.3 is 20.5 Å². The number of ether oxygens (including phenoxy) is 2. The van der Waals surface area contributed by atoms with Gasteiger partial charge in [-0.25, -0.2) is 0 Å². The zero-order valence-electron chi connectivity index (χ0n) is 12.0. The Bertz CT molecular complexity index is 847. The van der Waals surface area contributed by atoms with E-state index in [-0.39, 0.29) is 12.5 Å². The van der Waals surface area contributed by atoms with Gasteiger partial charge in [-0.15, -0.1) is 0 Å². The lowest BCUT2D eigenvalue weighted by Crippen LogP contribution is -2.35. The van der Waals surface area contributed by atoms with Gasteiger partial charge in [0.05, 0.1) is 11.3 Å².